The second-order valence-electron chi connectivity index (χ2n) is 6.19. The molecule has 1 aliphatic carbocycles. The van der Waals surface area contributed by atoms with Gasteiger partial charge in [-0.2, -0.15) is 0 Å². The molecule has 0 bridgehead atoms. The zero-order valence-corrected chi connectivity index (χ0v) is 11.9. The maximum absolute atomic E-state index is 11.2. The molecule has 6 heteroatoms. The standard InChI is InChI=1S/C13H22N4O2/c1-4-13(7-5-6-8-13)10-14-15-16-17(10)9-12(2,3)11(18)19/h4-9H2,1-3H3,(H,18,19). The smallest absolute Gasteiger partial charge is 0.310 e. The van der Waals surface area contributed by atoms with Crippen LogP contribution in [0.2, 0.25) is 0 Å². The van der Waals surface area contributed by atoms with Crippen LogP contribution in [0.5, 0.6) is 0 Å². The zero-order chi connectivity index (χ0) is 14.1. The van der Waals surface area contributed by atoms with Gasteiger partial charge in [0.2, 0.25) is 0 Å². The minimum absolute atomic E-state index is 0.0398. The number of rotatable bonds is 5. The first-order chi connectivity index (χ1) is 8.91. The van der Waals surface area contributed by atoms with Crippen LogP contribution in [0.1, 0.15) is 58.7 Å². The molecule has 0 aromatic carbocycles. The fourth-order valence-electron chi connectivity index (χ4n) is 2.92. The molecule has 1 aromatic rings. The van der Waals surface area contributed by atoms with Gasteiger partial charge in [0.1, 0.15) is 0 Å². The molecule has 6 nitrogen and oxygen atoms in total. The summed E-state index contributed by atoms with van der Waals surface area (Å²) < 4.78 is 1.70. The fraction of sp³-hybridized carbons (Fsp3) is 0.846. The number of aromatic nitrogens is 4. The molecule has 2 rings (SSSR count). The lowest BCUT2D eigenvalue weighted by Crippen LogP contribution is -2.34. The molecule has 1 N–H and O–H groups in total. The van der Waals surface area contributed by atoms with Crippen molar-refractivity contribution in [1.29, 1.82) is 0 Å². The summed E-state index contributed by atoms with van der Waals surface area (Å²) in [6.07, 6.45) is 5.58. The summed E-state index contributed by atoms with van der Waals surface area (Å²) in [5.74, 6) is 0.0349. The highest BCUT2D eigenvalue weighted by Crippen LogP contribution is 2.42. The number of tetrazole rings is 1. The average molecular weight is 266 g/mol. The second kappa shape index (κ2) is 4.90. The van der Waals surface area contributed by atoms with Gasteiger partial charge >= 0.3 is 5.97 Å². The molecule has 1 fully saturated rings. The van der Waals surface area contributed by atoms with Crippen LogP contribution in [-0.4, -0.2) is 31.3 Å². The number of aliphatic carboxylic acids is 1. The minimum atomic E-state index is -0.863. The number of carboxylic acid groups (broad SMARTS) is 1. The number of carboxylic acids is 1. The van der Waals surface area contributed by atoms with E-state index in [2.05, 4.69) is 22.4 Å². The third-order valence-electron chi connectivity index (χ3n) is 4.37. The third-order valence-corrected chi connectivity index (χ3v) is 4.37. The van der Waals surface area contributed by atoms with E-state index in [1.54, 1.807) is 18.5 Å². The molecular weight excluding hydrogens is 244 g/mol. The Labute approximate surface area is 113 Å². The SMILES string of the molecule is CCC1(c2nnnn2CC(C)(C)C(=O)O)CCCC1. The number of nitrogens with zero attached hydrogens (tertiary/aromatic N) is 4. The van der Waals surface area contributed by atoms with Crippen LogP contribution in [0, 0.1) is 5.41 Å². The number of carbonyl (C=O) groups is 1. The summed E-state index contributed by atoms with van der Waals surface area (Å²) in [4.78, 5) is 11.2. The van der Waals surface area contributed by atoms with E-state index in [1.807, 2.05) is 0 Å². The Balaban J connectivity index is 2.30. The van der Waals surface area contributed by atoms with Crippen LogP contribution < -0.4 is 0 Å². The van der Waals surface area contributed by atoms with Crippen molar-refractivity contribution in [1.82, 2.24) is 20.2 Å². The second-order valence-corrected chi connectivity index (χ2v) is 6.19. The molecule has 1 heterocycles. The van der Waals surface area contributed by atoms with Gasteiger partial charge in [-0.1, -0.05) is 19.8 Å². The van der Waals surface area contributed by atoms with Crippen LogP contribution >= 0.6 is 0 Å². The van der Waals surface area contributed by atoms with Crippen molar-refractivity contribution in [2.75, 3.05) is 0 Å². The van der Waals surface area contributed by atoms with E-state index in [-0.39, 0.29) is 5.41 Å². The Morgan fingerprint density at radius 1 is 1.42 bits per heavy atom. The first kappa shape index (κ1) is 14.0. The topological polar surface area (TPSA) is 80.9 Å². The molecule has 1 aromatic heterocycles. The third kappa shape index (κ3) is 2.48. The Morgan fingerprint density at radius 2 is 2.05 bits per heavy atom. The lowest BCUT2D eigenvalue weighted by atomic mass is 9.82. The normalized spacial score (nSPS) is 18.7. The van der Waals surface area contributed by atoms with Crippen molar-refractivity contribution in [2.45, 2.75) is 64.8 Å². The molecule has 1 aliphatic rings. The Morgan fingerprint density at radius 3 is 2.58 bits per heavy atom. The van der Waals surface area contributed by atoms with Crippen molar-refractivity contribution >= 4 is 5.97 Å². The number of hydrogen-bond donors (Lipinski definition) is 1. The quantitative estimate of drug-likeness (QED) is 0.881. The molecule has 1 saturated carbocycles. The van der Waals surface area contributed by atoms with Gasteiger partial charge in [0.15, 0.2) is 5.82 Å². The van der Waals surface area contributed by atoms with Gasteiger partial charge in [0, 0.05) is 5.41 Å². The molecule has 0 atom stereocenters. The van der Waals surface area contributed by atoms with E-state index in [9.17, 15) is 9.90 Å². The van der Waals surface area contributed by atoms with Gasteiger partial charge in [-0.05, 0) is 43.5 Å². The van der Waals surface area contributed by atoms with Gasteiger partial charge in [-0.3, -0.25) is 4.79 Å². The molecule has 0 amide bonds. The summed E-state index contributed by atoms with van der Waals surface area (Å²) in [7, 11) is 0. The molecule has 0 spiro atoms. The highest BCUT2D eigenvalue weighted by atomic mass is 16.4. The fourth-order valence-corrected chi connectivity index (χ4v) is 2.92. The van der Waals surface area contributed by atoms with Crippen LogP contribution in [0.15, 0.2) is 0 Å². The monoisotopic (exact) mass is 266 g/mol. The maximum Gasteiger partial charge on any atom is 0.310 e. The van der Waals surface area contributed by atoms with E-state index in [0.29, 0.717) is 6.54 Å². The minimum Gasteiger partial charge on any atom is -0.481 e. The van der Waals surface area contributed by atoms with E-state index < -0.39 is 11.4 Å². The summed E-state index contributed by atoms with van der Waals surface area (Å²) in [5.41, 5.74) is -0.824. The van der Waals surface area contributed by atoms with E-state index in [1.165, 1.54) is 12.8 Å². The predicted octanol–water partition coefficient (Wildman–Crippen LogP) is 2.01. The highest BCUT2D eigenvalue weighted by molar-refractivity contribution is 5.73. The van der Waals surface area contributed by atoms with Crippen molar-refractivity contribution in [3.63, 3.8) is 0 Å². The van der Waals surface area contributed by atoms with Crippen molar-refractivity contribution < 1.29 is 9.90 Å². The molecule has 0 aliphatic heterocycles. The maximum atomic E-state index is 11.2. The average Bonchev–Trinajstić information content (AvgIpc) is 2.97. The van der Waals surface area contributed by atoms with Gasteiger partial charge in [0.05, 0.1) is 12.0 Å². The summed E-state index contributed by atoms with van der Waals surface area (Å²) >= 11 is 0. The summed E-state index contributed by atoms with van der Waals surface area (Å²) in [6.45, 7) is 5.88. The Hall–Kier alpha value is -1.46. The van der Waals surface area contributed by atoms with Crippen molar-refractivity contribution in [3.05, 3.63) is 5.82 Å². The zero-order valence-electron chi connectivity index (χ0n) is 11.9. The Bertz CT molecular complexity index is 461. The lowest BCUT2D eigenvalue weighted by Gasteiger charge is -2.28. The van der Waals surface area contributed by atoms with E-state index in [0.717, 1.165) is 25.1 Å². The molecule has 0 radical (unpaired) electrons. The largest absolute Gasteiger partial charge is 0.481 e. The van der Waals surface area contributed by atoms with Gasteiger partial charge in [-0.15, -0.1) is 5.10 Å². The molecular formula is C13H22N4O2. The van der Waals surface area contributed by atoms with Crippen LogP contribution in [-0.2, 0) is 16.8 Å². The van der Waals surface area contributed by atoms with Crippen LogP contribution in [0.25, 0.3) is 0 Å². The van der Waals surface area contributed by atoms with Crippen LogP contribution in [0.4, 0.5) is 0 Å². The van der Waals surface area contributed by atoms with Crippen LogP contribution in [0.3, 0.4) is 0 Å². The molecule has 106 valence electrons. The highest BCUT2D eigenvalue weighted by Gasteiger charge is 2.40. The first-order valence-corrected chi connectivity index (χ1v) is 6.91. The molecule has 19 heavy (non-hydrogen) atoms. The predicted molar refractivity (Wildman–Crippen MR) is 69.7 cm³/mol. The molecule has 0 unspecified atom stereocenters. The van der Waals surface area contributed by atoms with Gasteiger partial charge < -0.3 is 5.11 Å². The van der Waals surface area contributed by atoms with Gasteiger partial charge in [0.25, 0.3) is 0 Å². The Kier molecular flexibility index (Phi) is 3.60. The summed E-state index contributed by atoms with van der Waals surface area (Å²) in [5, 5.41) is 21.2. The van der Waals surface area contributed by atoms with E-state index >= 15 is 0 Å². The molecule has 0 saturated heterocycles. The van der Waals surface area contributed by atoms with Gasteiger partial charge in [-0.25, -0.2) is 4.68 Å². The number of hydrogen-bond acceptors (Lipinski definition) is 4. The summed E-state index contributed by atoms with van der Waals surface area (Å²) in [6, 6.07) is 0. The van der Waals surface area contributed by atoms with Crippen molar-refractivity contribution in [2.24, 2.45) is 5.41 Å². The van der Waals surface area contributed by atoms with Crippen molar-refractivity contribution in [3.8, 4) is 0 Å². The van der Waals surface area contributed by atoms with E-state index in [4.69, 9.17) is 0 Å². The lowest BCUT2D eigenvalue weighted by molar-refractivity contribution is -0.147. The first-order valence-electron chi connectivity index (χ1n) is 6.91.